The minimum Gasteiger partial charge on any atom is -0.465 e. The highest BCUT2D eigenvalue weighted by molar-refractivity contribution is 6.01. The first-order chi connectivity index (χ1) is 9.86. The summed E-state index contributed by atoms with van der Waals surface area (Å²) in [5.74, 6) is -0.0581. The number of hydrogen-bond donors (Lipinski definition) is 0. The van der Waals surface area contributed by atoms with Crippen LogP contribution in [0.2, 0.25) is 0 Å². The van der Waals surface area contributed by atoms with Crippen LogP contribution < -0.4 is 0 Å². The minimum absolute atomic E-state index is 0.0678. The zero-order valence-electron chi connectivity index (χ0n) is 13.4. The Kier molecular flexibility index (Phi) is 4.74. The fraction of sp³-hybridized carbons (Fsp3) is 0.765. The maximum Gasteiger partial charge on any atom is 0.324 e. The summed E-state index contributed by atoms with van der Waals surface area (Å²) >= 11 is 0. The summed E-state index contributed by atoms with van der Waals surface area (Å²) in [5.41, 5.74) is -1.11. The van der Waals surface area contributed by atoms with Crippen LogP contribution in [-0.4, -0.2) is 25.2 Å². The number of carbonyl (C=O) groups is 2. The van der Waals surface area contributed by atoms with Gasteiger partial charge in [-0.05, 0) is 30.6 Å². The Labute approximate surface area is 126 Å². The summed E-state index contributed by atoms with van der Waals surface area (Å²) in [7, 11) is 0. The van der Waals surface area contributed by atoms with Gasteiger partial charge in [0, 0.05) is 5.92 Å². The van der Waals surface area contributed by atoms with Crippen molar-refractivity contribution in [3.05, 3.63) is 12.2 Å². The van der Waals surface area contributed by atoms with E-state index < -0.39 is 17.4 Å². The zero-order valence-corrected chi connectivity index (χ0v) is 13.4. The predicted octanol–water partition coefficient (Wildman–Crippen LogP) is 2.97. The molecule has 0 radical (unpaired) electrons. The van der Waals surface area contributed by atoms with Gasteiger partial charge in [-0.3, -0.25) is 9.59 Å². The van der Waals surface area contributed by atoms with E-state index in [1.54, 1.807) is 0 Å². The molecule has 0 aromatic heterocycles. The SMILES string of the molecule is CC(C)COC(=O)C1(C(=O)OCC(C)C)CC2C=CC1C2. The number of fused-ring (bicyclic) bond motifs is 2. The fourth-order valence-electron chi connectivity index (χ4n) is 3.15. The number of esters is 2. The first-order valence-electron chi connectivity index (χ1n) is 7.89. The molecule has 2 atom stereocenters. The molecular weight excluding hydrogens is 268 g/mol. The van der Waals surface area contributed by atoms with E-state index in [9.17, 15) is 9.59 Å². The summed E-state index contributed by atoms with van der Waals surface area (Å²) in [4.78, 5) is 25.2. The molecule has 2 aliphatic rings. The van der Waals surface area contributed by atoms with Crippen LogP contribution in [-0.2, 0) is 19.1 Å². The van der Waals surface area contributed by atoms with Crippen LogP contribution >= 0.6 is 0 Å². The second kappa shape index (κ2) is 6.20. The molecule has 21 heavy (non-hydrogen) atoms. The number of rotatable bonds is 6. The van der Waals surface area contributed by atoms with Crippen LogP contribution in [0.4, 0.5) is 0 Å². The third-order valence-electron chi connectivity index (χ3n) is 4.21. The van der Waals surface area contributed by atoms with E-state index in [0.717, 1.165) is 6.42 Å². The van der Waals surface area contributed by atoms with Crippen molar-refractivity contribution in [3.63, 3.8) is 0 Å². The Morgan fingerprint density at radius 3 is 1.90 bits per heavy atom. The first-order valence-corrected chi connectivity index (χ1v) is 7.89. The lowest BCUT2D eigenvalue weighted by molar-refractivity contribution is -0.176. The molecule has 0 aromatic carbocycles. The lowest BCUT2D eigenvalue weighted by Gasteiger charge is -2.31. The summed E-state index contributed by atoms with van der Waals surface area (Å²) in [6.45, 7) is 8.63. The first kappa shape index (κ1) is 16.1. The van der Waals surface area contributed by atoms with Gasteiger partial charge in [-0.25, -0.2) is 0 Å². The van der Waals surface area contributed by atoms with Gasteiger partial charge in [0.1, 0.15) is 0 Å². The Morgan fingerprint density at radius 1 is 1.05 bits per heavy atom. The molecule has 0 aromatic rings. The van der Waals surface area contributed by atoms with Gasteiger partial charge in [-0.15, -0.1) is 0 Å². The van der Waals surface area contributed by atoms with Crippen LogP contribution in [0.3, 0.4) is 0 Å². The summed E-state index contributed by atoms with van der Waals surface area (Å²) in [6, 6.07) is 0. The highest BCUT2D eigenvalue weighted by Gasteiger charge is 2.60. The van der Waals surface area contributed by atoms with Gasteiger partial charge in [0.15, 0.2) is 5.41 Å². The molecule has 1 saturated carbocycles. The second-order valence-corrected chi connectivity index (χ2v) is 7.15. The predicted molar refractivity (Wildman–Crippen MR) is 79.4 cm³/mol. The molecule has 4 nitrogen and oxygen atoms in total. The van der Waals surface area contributed by atoms with Gasteiger partial charge in [0.05, 0.1) is 13.2 Å². The van der Waals surface area contributed by atoms with Gasteiger partial charge < -0.3 is 9.47 Å². The molecule has 2 unspecified atom stereocenters. The standard InChI is InChI=1S/C17H26O4/c1-11(2)9-20-15(18)17(16(19)21-10-12(3)4)8-13-5-6-14(17)7-13/h5-6,11-14H,7-10H2,1-4H3. The largest absolute Gasteiger partial charge is 0.465 e. The molecule has 0 heterocycles. The van der Waals surface area contributed by atoms with E-state index in [1.807, 2.05) is 33.8 Å². The van der Waals surface area contributed by atoms with E-state index in [2.05, 4.69) is 6.08 Å². The molecule has 4 heteroatoms. The van der Waals surface area contributed by atoms with Crippen molar-refractivity contribution in [2.24, 2.45) is 29.1 Å². The van der Waals surface area contributed by atoms with Crippen molar-refractivity contribution in [3.8, 4) is 0 Å². The normalized spacial score (nSPS) is 25.6. The molecule has 0 saturated heterocycles. The molecule has 118 valence electrons. The number of ether oxygens (including phenoxy) is 2. The maximum atomic E-state index is 12.6. The van der Waals surface area contributed by atoms with Crippen LogP contribution in [0.5, 0.6) is 0 Å². The summed E-state index contributed by atoms with van der Waals surface area (Å²) < 4.78 is 10.8. The van der Waals surface area contributed by atoms with Gasteiger partial charge in [-0.1, -0.05) is 39.8 Å². The van der Waals surface area contributed by atoms with Crippen molar-refractivity contribution in [1.82, 2.24) is 0 Å². The monoisotopic (exact) mass is 294 g/mol. The lowest BCUT2D eigenvalue weighted by Crippen LogP contribution is -2.45. The third-order valence-corrected chi connectivity index (χ3v) is 4.21. The molecule has 1 fully saturated rings. The fourth-order valence-corrected chi connectivity index (χ4v) is 3.15. The van der Waals surface area contributed by atoms with Crippen molar-refractivity contribution in [2.45, 2.75) is 40.5 Å². The minimum atomic E-state index is -1.11. The molecule has 0 aliphatic heterocycles. The highest BCUT2D eigenvalue weighted by Crippen LogP contribution is 2.53. The van der Waals surface area contributed by atoms with Gasteiger partial charge in [0.2, 0.25) is 0 Å². The average molecular weight is 294 g/mol. The summed E-state index contributed by atoms with van der Waals surface area (Å²) in [6.07, 6.45) is 5.48. The van der Waals surface area contributed by atoms with E-state index in [0.29, 0.717) is 25.6 Å². The van der Waals surface area contributed by atoms with E-state index >= 15 is 0 Å². The van der Waals surface area contributed by atoms with Gasteiger partial charge in [-0.2, -0.15) is 0 Å². The molecular formula is C17H26O4. The molecule has 0 spiro atoms. The van der Waals surface area contributed by atoms with Gasteiger partial charge >= 0.3 is 11.9 Å². The highest BCUT2D eigenvalue weighted by atomic mass is 16.6. The quantitative estimate of drug-likeness (QED) is 0.429. The van der Waals surface area contributed by atoms with Crippen LogP contribution in [0.1, 0.15) is 40.5 Å². The summed E-state index contributed by atoms with van der Waals surface area (Å²) in [5, 5.41) is 0. The van der Waals surface area contributed by atoms with Crippen LogP contribution in [0.15, 0.2) is 12.2 Å². The van der Waals surface area contributed by atoms with E-state index in [-0.39, 0.29) is 17.8 Å². The second-order valence-electron chi connectivity index (χ2n) is 7.15. The Morgan fingerprint density at radius 2 is 1.57 bits per heavy atom. The molecule has 2 aliphatic carbocycles. The Hall–Kier alpha value is -1.32. The number of hydrogen-bond acceptors (Lipinski definition) is 4. The van der Waals surface area contributed by atoms with Crippen molar-refractivity contribution in [1.29, 1.82) is 0 Å². The number of allylic oxidation sites excluding steroid dienone is 2. The maximum absolute atomic E-state index is 12.6. The van der Waals surface area contributed by atoms with Gasteiger partial charge in [0.25, 0.3) is 0 Å². The number of carbonyl (C=O) groups excluding carboxylic acids is 2. The van der Waals surface area contributed by atoms with E-state index in [4.69, 9.17) is 9.47 Å². The molecule has 0 N–H and O–H groups in total. The lowest BCUT2D eigenvalue weighted by atomic mass is 9.75. The van der Waals surface area contributed by atoms with Crippen molar-refractivity contribution >= 4 is 11.9 Å². The zero-order chi connectivity index (χ0) is 15.6. The van der Waals surface area contributed by atoms with Crippen LogP contribution in [0, 0.1) is 29.1 Å². The third kappa shape index (κ3) is 3.14. The van der Waals surface area contributed by atoms with E-state index in [1.165, 1.54) is 0 Å². The molecule has 0 amide bonds. The Bertz CT molecular complexity index is 412. The van der Waals surface area contributed by atoms with Crippen molar-refractivity contribution in [2.75, 3.05) is 13.2 Å². The van der Waals surface area contributed by atoms with Crippen LogP contribution in [0.25, 0.3) is 0 Å². The van der Waals surface area contributed by atoms with Crippen molar-refractivity contribution < 1.29 is 19.1 Å². The topological polar surface area (TPSA) is 52.6 Å². The molecule has 2 rings (SSSR count). The molecule has 2 bridgehead atoms. The Balaban J connectivity index is 2.14. The average Bonchev–Trinajstić information content (AvgIpc) is 3.02. The smallest absolute Gasteiger partial charge is 0.324 e.